The van der Waals surface area contributed by atoms with Gasteiger partial charge >= 0.3 is 0 Å². The first-order chi connectivity index (χ1) is 12.3. The minimum Gasteiger partial charge on any atom is -0.379 e. The van der Waals surface area contributed by atoms with Gasteiger partial charge in [-0.2, -0.15) is 5.10 Å². The third-order valence-electron chi connectivity index (χ3n) is 5.61. The average Bonchev–Trinajstić information content (AvgIpc) is 3.32. The molecule has 0 radical (unpaired) electrons. The zero-order chi connectivity index (χ0) is 17.1. The van der Waals surface area contributed by atoms with E-state index in [1.54, 1.807) is 0 Å². The maximum Gasteiger partial charge on any atom is 0.0953 e. The van der Waals surface area contributed by atoms with Crippen molar-refractivity contribution < 1.29 is 4.74 Å². The SMILES string of the molecule is C[C@H](CN1CCOCC1)n1cncc1-c1cnn(C2CCCCC2)c1. The van der Waals surface area contributed by atoms with Crippen molar-refractivity contribution in [3.8, 4) is 11.3 Å². The van der Waals surface area contributed by atoms with Gasteiger partial charge in [0, 0.05) is 37.4 Å². The number of hydrogen-bond donors (Lipinski definition) is 0. The zero-order valence-electron chi connectivity index (χ0n) is 15.2. The molecule has 6 nitrogen and oxygen atoms in total. The molecule has 2 aromatic heterocycles. The lowest BCUT2D eigenvalue weighted by atomic mass is 9.96. The van der Waals surface area contributed by atoms with Crippen LogP contribution < -0.4 is 0 Å². The Morgan fingerprint density at radius 1 is 1.16 bits per heavy atom. The molecule has 6 heteroatoms. The molecule has 136 valence electrons. The summed E-state index contributed by atoms with van der Waals surface area (Å²) in [7, 11) is 0. The highest BCUT2D eigenvalue weighted by Crippen LogP contribution is 2.30. The average molecular weight is 343 g/mol. The van der Waals surface area contributed by atoms with Crippen molar-refractivity contribution in [1.82, 2.24) is 24.2 Å². The van der Waals surface area contributed by atoms with Crippen LogP contribution in [0.25, 0.3) is 11.3 Å². The van der Waals surface area contributed by atoms with Crippen molar-refractivity contribution >= 4 is 0 Å². The number of ether oxygens (including phenoxy) is 1. The van der Waals surface area contributed by atoms with Crippen molar-refractivity contribution in [3.63, 3.8) is 0 Å². The van der Waals surface area contributed by atoms with Gasteiger partial charge in [0.1, 0.15) is 0 Å². The highest BCUT2D eigenvalue weighted by molar-refractivity contribution is 5.56. The minimum atomic E-state index is 0.383. The summed E-state index contributed by atoms with van der Waals surface area (Å²) in [6, 6.07) is 0.957. The Kier molecular flexibility index (Phi) is 5.17. The van der Waals surface area contributed by atoms with Crippen LogP contribution in [0.3, 0.4) is 0 Å². The number of rotatable bonds is 5. The van der Waals surface area contributed by atoms with E-state index in [-0.39, 0.29) is 0 Å². The lowest BCUT2D eigenvalue weighted by Gasteiger charge is -2.30. The summed E-state index contributed by atoms with van der Waals surface area (Å²) in [5, 5.41) is 4.66. The van der Waals surface area contributed by atoms with Gasteiger partial charge in [-0.05, 0) is 19.8 Å². The van der Waals surface area contributed by atoms with Gasteiger partial charge in [-0.1, -0.05) is 19.3 Å². The van der Waals surface area contributed by atoms with Gasteiger partial charge in [-0.15, -0.1) is 0 Å². The Morgan fingerprint density at radius 2 is 1.96 bits per heavy atom. The third-order valence-corrected chi connectivity index (χ3v) is 5.61. The maximum absolute atomic E-state index is 5.45. The first-order valence-electron chi connectivity index (χ1n) is 9.68. The molecular weight excluding hydrogens is 314 g/mol. The fraction of sp³-hybridized carbons (Fsp3) is 0.684. The lowest BCUT2D eigenvalue weighted by Crippen LogP contribution is -2.39. The normalized spacial score (nSPS) is 21.5. The molecule has 0 aromatic carbocycles. The second kappa shape index (κ2) is 7.70. The van der Waals surface area contributed by atoms with Crippen molar-refractivity contribution in [2.75, 3.05) is 32.8 Å². The van der Waals surface area contributed by atoms with Crippen LogP contribution >= 0.6 is 0 Å². The lowest BCUT2D eigenvalue weighted by molar-refractivity contribution is 0.0326. The zero-order valence-corrected chi connectivity index (χ0v) is 15.2. The molecule has 0 bridgehead atoms. The smallest absolute Gasteiger partial charge is 0.0953 e. The van der Waals surface area contributed by atoms with Gasteiger partial charge in [-0.25, -0.2) is 4.98 Å². The quantitative estimate of drug-likeness (QED) is 0.837. The summed E-state index contributed by atoms with van der Waals surface area (Å²) >= 11 is 0. The van der Waals surface area contributed by atoms with Crippen LogP contribution in [0.2, 0.25) is 0 Å². The molecule has 2 aliphatic rings. The first kappa shape index (κ1) is 16.8. The molecule has 2 aromatic rings. The Hall–Kier alpha value is -1.66. The predicted octanol–water partition coefficient (Wildman–Crippen LogP) is 3.15. The van der Waals surface area contributed by atoms with Gasteiger partial charge in [0.25, 0.3) is 0 Å². The summed E-state index contributed by atoms with van der Waals surface area (Å²) in [4.78, 5) is 6.89. The Labute approximate surface area is 149 Å². The van der Waals surface area contributed by atoms with Crippen LogP contribution in [-0.4, -0.2) is 57.1 Å². The van der Waals surface area contributed by atoms with Gasteiger partial charge in [0.2, 0.25) is 0 Å². The fourth-order valence-electron chi connectivity index (χ4n) is 4.14. The van der Waals surface area contributed by atoms with Crippen molar-refractivity contribution in [2.24, 2.45) is 0 Å². The van der Waals surface area contributed by atoms with E-state index in [4.69, 9.17) is 4.74 Å². The summed E-state index contributed by atoms with van der Waals surface area (Å²) in [6.07, 6.45) is 14.7. The van der Waals surface area contributed by atoms with E-state index in [1.807, 2.05) is 18.7 Å². The second-order valence-electron chi connectivity index (χ2n) is 7.45. The predicted molar refractivity (Wildman–Crippen MR) is 97.5 cm³/mol. The van der Waals surface area contributed by atoms with Crippen molar-refractivity contribution in [3.05, 3.63) is 24.9 Å². The van der Waals surface area contributed by atoms with Crippen LogP contribution in [0.4, 0.5) is 0 Å². The van der Waals surface area contributed by atoms with Crippen LogP contribution in [0.5, 0.6) is 0 Å². The van der Waals surface area contributed by atoms with Crippen molar-refractivity contribution in [2.45, 2.75) is 51.1 Å². The van der Waals surface area contributed by atoms with E-state index in [0.29, 0.717) is 12.1 Å². The molecule has 0 unspecified atom stereocenters. The van der Waals surface area contributed by atoms with E-state index in [2.05, 4.69) is 37.4 Å². The molecule has 1 saturated heterocycles. The van der Waals surface area contributed by atoms with Crippen LogP contribution in [-0.2, 0) is 4.74 Å². The Morgan fingerprint density at radius 3 is 2.76 bits per heavy atom. The van der Waals surface area contributed by atoms with Crippen LogP contribution in [0.15, 0.2) is 24.9 Å². The van der Waals surface area contributed by atoms with Crippen LogP contribution in [0.1, 0.15) is 51.1 Å². The maximum atomic E-state index is 5.45. The number of imidazole rings is 1. The van der Waals surface area contributed by atoms with E-state index in [9.17, 15) is 0 Å². The van der Waals surface area contributed by atoms with Gasteiger partial charge in [0.05, 0.1) is 43.7 Å². The van der Waals surface area contributed by atoms with Gasteiger partial charge in [0.15, 0.2) is 0 Å². The Bertz CT molecular complexity index is 667. The highest BCUT2D eigenvalue weighted by Gasteiger charge is 2.20. The molecule has 1 saturated carbocycles. The van der Waals surface area contributed by atoms with E-state index >= 15 is 0 Å². The number of aromatic nitrogens is 4. The van der Waals surface area contributed by atoms with E-state index in [0.717, 1.165) is 32.8 Å². The van der Waals surface area contributed by atoms with Crippen LogP contribution in [0, 0.1) is 0 Å². The van der Waals surface area contributed by atoms with E-state index < -0.39 is 0 Å². The third kappa shape index (κ3) is 3.80. The molecular formula is C19H29N5O. The molecule has 25 heavy (non-hydrogen) atoms. The molecule has 2 fully saturated rings. The molecule has 0 spiro atoms. The monoisotopic (exact) mass is 343 g/mol. The first-order valence-corrected chi connectivity index (χ1v) is 9.68. The Balaban J connectivity index is 1.48. The molecule has 0 N–H and O–H groups in total. The van der Waals surface area contributed by atoms with Crippen molar-refractivity contribution in [1.29, 1.82) is 0 Å². The minimum absolute atomic E-state index is 0.383. The molecule has 1 atom stereocenters. The second-order valence-corrected chi connectivity index (χ2v) is 7.45. The molecule has 1 aliphatic heterocycles. The number of hydrogen-bond acceptors (Lipinski definition) is 4. The standard InChI is InChI=1S/C19H29N5O/c1-16(13-22-7-9-25-10-8-22)23-15-20-12-19(23)17-11-21-24(14-17)18-5-3-2-4-6-18/h11-12,14-16,18H,2-10,13H2,1H3/t16-/m1/s1. The number of nitrogens with zero attached hydrogens (tertiary/aromatic N) is 5. The summed E-state index contributed by atoms with van der Waals surface area (Å²) < 4.78 is 9.92. The van der Waals surface area contributed by atoms with E-state index in [1.165, 1.54) is 43.4 Å². The molecule has 0 amide bonds. The largest absolute Gasteiger partial charge is 0.379 e. The molecule has 3 heterocycles. The summed E-state index contributed by atoms with van der Waals surface area (Å²) in [6.45, 7) is 7.03. The molecule has 1 aliphatic carbocycles. The van der Waals surface area contributed by atoms with Gasteiger partial charge < -0.3 is 9.30 Å². The fourth-order valence-corrected chi connectivity index (χ4v) is 4.14. The highest BCUT2D eigenvalue weighted by atomic mass is 16.5. The summed E-state index contributed by atoms with van der Waals surface area (Å²) in [5.74, 6) is 0. The topological polar surface area (TPSA) is 48.1 Å². The van der Waals surface area contributed by atoms with Gasteiger partial charge in [-0.3, -0.25) is 9.58 Å². The number of morpholine rings is 1. The summed E-state index contributed by atoms with van der Waals surface area (Å²) in [5.41, 5.74) is 2.35. The molecule has 4 rings (SSSR count).